The number of nitrogens with one attached hydrogen (secondary N) is 1. The summed E-state index contributed by atoms with van der Waals surface area (Å²) in [5, 5.41) is 3.53. The van der Waals surface area contributed by atoms with Crippen molar-refractivity contribution in [1.29, 1.82) is 0 Å². The topological polar surface area (TPSA) is 43.6 Å². The third kappa shape index (κ3) is 2.44. The van der Waals surface area contributed by atoms with Crippen LogP contribution in [0.5, 0.6) is 11.5 Å². The lowest BCUT2D eigenvalue weighted by molar-refractivity contribution is 0.174. The van der Waals surface area contributed by atoms with E-state index in [1.807, 2.05) is 18.2 Å². The molecule has 4 heteroatoms. The molecule has 1 N–H and O–H groups in total. The number of hydrogen-bond acceptors (Lipinski definition) is 4. The van der Waals surface area contributed by atoms with Crippen molar-refractivity contribution in [1.82, 2.24) is 5.32 Å². The van der Waals surface area contributed by atoms with Crippen LogP contribution in [-0.2, 0) is 0 Å². The lowest BCUT2D eigenvalue weighted by Crippen LogP contribution is -2.22. The molecule has 0 amide bonds. The predicted octanol–water partition coefficient (Wildman–Crippen LogP) is 3.42. The second-order valence-corrected chi connectivity index (χ2v) is 4.78. The van der Waals surface area contributed by atoms with E-state index in [1.165, 1.54) is 5.56 Å². The van der Waals surface area contributed by atoms with Gasteiger partial charge in [-0.05, 0) is 37.6 Å². The average molecular weight is 259 g/mol. The maximum absolute atomic E-state index is 5.40. The van der Waals surface area contributed by atoms with Crippen LogP contribution in [0.3, 0.4) is 0 Å². The molecule has 2 heterocycles. The highest BCUT2D eigenvalue weighted by molar-refractivity contribution is 5.45. The summed E-state index contributed by atoms with van der Waals surface area (Å²) in [6, 6.07) is 8.48. The highest BCUT2D eigenvalue weighted by Gasteiger charge is 2.17. The van der Waals surface area contributed by atoms with Gasteiger partial charge in [-0.2, -0.15) is 0 Å². The smallest absolute Gasteiger partial charge is 0.231 e. The number of hydrogen-bond donors (Lipinski definition) is 1. The molecule has 0 spiro atoms. The van der Waals surface area contributed by atoms with Gasteiger partial charge in [0.15, 0.2) is 11.5 Å². The number of ether oxygens (including phenoxy) is 2. The average Bonchev–Trinajstić information content (AvgIpc) is 3.09. The monoisotopic (exact) mass is 259 g/mol. The summed E-state index contributed by atoms with van der Waals surface area (Å²) in [6.07, 6.45) is 3.46. The first-order valence-electron chi connectivity index (χ1n) is 6.42. The van der Waals surface area contributed by atoms with Gasteiger partial charge in [0, 0.05) is 17.6 Å². The van der Waals surface area contributed by atoms with Crippen LogP contribution >= 0.6 is 0 Å². The fraction of sp³-hybridized carbons (Fsp3) is 0.333. The molecule has 3 rings (SSSR count). The van der Waals surface area contributed by atoms with Crippen molar-refractivity contribution in [3.63, 3.8) is 0 Å². The second-order valence-electron chi connectivity index (χ2n) is 4.78. The van der Waals surface area contributed by atoms with Crippen LogP contribution in [0.25, 0.3) is 0 Å². The van der Waals surface area contributed by atoms with E-state index in [9.17, 15) is 0 Å². The Kier molecular flexibility index (Phi) is 3.17. The molecular weight excluding hydrogens is 242 g/mol. The third-order valence-electron chi connectivity index (χ3n) is 3.44. The second kappa shape index (κ2) is 4.97. The first-order valence-corrected chi connectivity index (χ1v) is 6.42. The van der Waals surface area contributed by atoms with E-state index < -0.39 is 0 Å². The van der Waals surface area contributed by atoms with Crippen LogP contribution in [0.2, 0.25) is 0 Å². The molecule has 0 bridgehead atoms. The zero-order chi connectivity index (χ0) is 13.2. The molecule has 100 valence electrons. The lowest BCUT2D eigenvalue weighted by Gasteiger charge is -2.19. The molecule has 19 heavy (non-hydrogen) atoms. The Morgan fingerprint density at radius 1 is 1.00 bits per heavy atom. The summed E-state index contributed by atoms with van der Waals surface area (Å²) in [5.74, 6) is 1.64. The van der Waals surface area contributed by atoms with Gasteiger partial charge < -0.3 is 19.2 Å². The predicted molar refractivity (Wildman–Crippen MR) is 71.2 cm³/mol. The van der Waals surface area contributed by atoms with Crippen molar-refractivity contribution >= 4 is 0 Å². The van der Waals surface area contributed by atoms with Gasteiger partial charge in [-0.1, -0.05) is 6.07 Å². The minimum Gasteiger partial charge on any atom is -0.472 e. The molecule has 4 nitrogen and oxygen atoms in total. The molecule has 0 saturated carbocycles. The number of furan rings is 1. The van der Waals surface area contributed by atoms with Gasteiger partial charge in [0.2, 0.25) is 6.79 Å². The summed E-state index contributed by atoms with van der Waals surface area (Å²) in [6.45, 7) is 4.56. The van der Waals surface area contributed by atoms with E-state index in [4.69, 9.17) is 13.9 Å². The minimum absolute atomic E-state index is 0.222. The van der Waals surface area contributed by atoms with Crippen LogP contribution < -0.4 is 14.8 Å². The first kappa shape index (κ1) is 12.1. The largest absolute Gasteiger partial charge is 0.472 e. The molecule has 2 unspecified atom stereocenters. The van der Waals surface area contributed by atoms with Crippen LogP contribution in [0.4, 0.5) is 0 Å². The summed E-state index contributed by atoms with van der Waals surface area (Å²) in [4.78, 5) is 0. The SMILES string of the molecule is CC(NC(C)c1ccc2c(c1)OCO2)c1ccoc1. The Morgan fingerprint density at radius 2 is 1.79 bits per heavy atom. The highest BCUT2D eigenvalue weighted by atomic mass is 16.7. The van der Waals surface area contributed by atoms with Crippen molar-refractivity contribution in [3.8, 4) is 11.5 Å². The van der Waals surface area contributed by atoms with Gasteiger partial charge in [-0.3, -0.25) is 0 Å². The molecule has 0 aliphatic carbocycles. The fourth-order valence-corrected chi connectivity index (χ4v) is 2.27. The molecule has 2 aromatic rings. The van der Waals surface area contributed by atoms with Crippen LogP contribution in [0.1, 0.15) is 37.1 Å². The molecule has 2 atom stereocenters. The van der Waals surface area contributed by atoms with E-state index >= 15 is 0 Å². The summed E-state index contributed by atoms with van der Waals surface area (Å²) in [7, 11) is 0. The fourth-order valence-electron chi connectivity index (χ4n) is 2.27. The Balaban J connectivity index is 1.72. The lowest BCUT2D eigenvalue weighted by atomic mass is 10.1. The standard InChI is InChI=1S/C15H17NO3/c1-10(16-11(2)13-5-6-17-8-13)12-3-4-14-15(7-12)19-9-18-14/h3-8,10-11,16H,9H2,1-2H3. The number of rotatable bonds is 4. The van der Waals surface area contributed by atoms with E-state index in [0.717, 1.165) is 17.1 Å². The number of benzene rings is 1. The van der Waals surface area contributed by atoms with E-state index in [-0.39, 0.29) is 12.1 Å². The van der Waals surface area contributed by atoms with Crippen molar-refractivity contribution in [2.24, 2.45) is 0 Å². The van der Waals surface area contributed by atoms with Gasteiger partial charge in [-0.15, -0.1) is 0 Å². The normalized spacial score (nSPS) is 16.3. The zero-order valence-corrected chi connectivity index (χ0v) is 11.1. The first-order chi connectivity index (χ1) is 9.24. The molecule has 1 aromatic heterocycles. The Hall–Kier alpha value is -1.94. The van der Waals surface area contributed by atoms with Crippen LogP contribution in [0, 0.1) is 0 Å². The molecule has 1 aromatic carbocycles. The van der Waals surface area contributed by atoms with Gasteiger partial charge >= 0.3 is 0 Å². The molecule has 0 fully saturated rings. The van der Waals surface area contributed by atoms with Gasteiger partial charge in [0.25, 0.3) is 0 Å². The van der Waals surface area contributed by atoms with Gasteiger partial charge in [0.05, 0.1) is 12.5 Å². The summed E-state index contributed by atoms with van der Waals surface area (Å²) in [5.41, 5.74) is 2.33. The molecule has 0 saturated heterocycles. The third-order valence-corrected chi connectivity index (χ3v) is 3.44. The zero-order valence-electron chi connectivity index (χ0n) is 11.1. The highest BCUT2D eigenvalue weighted by Crippen LogP contribution is 2.34. The Morgan fingerprint density at radius 3 is 2.58 bits per heavy atom. The number of fused-ring (bicyclic) bond motifs is 1. The molecule has 1 aliphatic rings. The molecule has 0 radical (unpaired) electrons. The van der Waals surface area contributed by atoms with Crippen molar-refractivity contribution in [3.05, 3.63) is 47.9 Å². The van der Waals surface area contributed by atoms with Crippen LogP contribution in [-0.4, -0.2) is 6.79 Å². The maximum Gasteiger partial charge on any atom is 0.231 e. The van der Waals surface area contributed by atoms with Gasteiger partial charge in [-0.25, -0.2) is 0 Å². The van der Waals surface area contributed by atoms with Crippen molar-refractivity contribution in [2.45, 2.75) is 25.9 Å². The minimum atomic E-state index is 0.222. The van der Waals surface area contributed by atoms with Crippen molar-refractivity contribution < 1.29 is 13.9 Å². The van der Waals surface area contributed by atoms with E-state index in [2.05, 4.69) is 25.2 Å². The van der Waals surface area contributed by atoms with Crippen molar-refractivity contribution in [2.75, 3.05) is 6.79 Å². The quantitative estimate of drug-likeness (QED) is 0.913. The van der Waals surface area contributed by atoms with E-state index in [1.54, 1.807) is 12.5 Å². The molecule has 1 aliphatic heterocycles. The van der Waals surface area contributed by atoms with Crippen LogP contribution in [0.15, 0.2) is 41.2 Å². The van der Waals surface area contributed by atoms with Gasteiger partial charge in [0.1, 0.15) is 0 Å². The Bertz CT molecular complexity index is 551. The summed E-state index contributed by atoms with van der Waals surface area (Å²) < 4.78 is 15.8. The maximum atomic E-state index is 5.40. The molecular formula is C15H17NO3. The Labute approximate surface area is 112 Å². The summed E-state index contributed by atoms with van der Waals surface area (Å²) >= 11 is 0. The van der Waals surface area contributed by atoms with E-state index in [0.29, 0.717) is 6.79 Å².